The monoisotopic (exact) mass is 298 g/mol. The van der Waals surface area contributed by atoms with Gasteiger partial charge in [-0.15, -0.1) is 0 Å². The fraction of sp³-hybridized carbons (Fsp3) is 0.133. The highest BCUT2D eigenvalue weighted by Crippen LogP contribution is 2.14. The number of benzene rings is 1. The van der Waals surface area contributed by atoms with Crippen LogP contribution in [-0.4, -0.2) is 19.3 Å². The van der Waals surface area contributed by atoms with E-state index in [1.165, 1.54) is 0 Å². The number of rotatable bonds is 3. The summed E-state index contributed by atoms with van der Waals surface area (Å²) in [5.41, 5.74) is 1.88. The number of aromatic amines is 1. The van der Waals surface area contributed by atoms with Crippen LogP contribution in [-0.2, 0) is 13.6 Å². The molecule has 6 heteroatoms. The summed E-state index contributed by atoms with van der Waals surface area (Å²) in [7, 11) is 1.84. The normalized spacial score (nSPS) is 10.7. The number of nitrogens with one attached hydrogen (secondary N) is 1. The summed E-state index contributed by atoms with van der Waals surface area (Å²) in [6.45, 7) is 0.530. The standard InChI is InChI=1S/C15H14N4OS/c1-18-14(16-17-15(18)21)12-7-8-13(20)19(10-12)9-11-5-3-2-4-6-11/h2-8,10H,9H2,1H3,(H,17,21). The van der Waals surface area contributed by atoms with Crippen LogP contribution in [0.3, 0.4) is 0 Å². The van der Waals surface area contributed by atoms with Crippen molar-refractivity contribution >= 4 is 12.2 Å². The largest absolute Gasteiger partial charge is 0.310 e. The molecule has 0 saturated carbocycles. The fourth-order valence-electron chi connectivity index (χ4n) is 2.17. The van der Waals surface area contributed by atoms with Crippen LogP contribution >= 0.6 is 12.2 Å². The first kappa shape index (κ1) is 13.5. The molecule has 1 aromatic carbocycles. The van der Waals surface area contributed by atoms with E-state index in [0.717, 1.165) is 11.1 Å². The summed E-state index contributed by atoms with van der Waals surface area (Å²) in [6, 6.07) is 13.2. The van der Waals surface area contributed by atoms with E-state index in [-0.39, 0.29) is 5.56 Å². The molecule has 0 unspecified atom stereocenters. The molecule has 3 aromatic rings. The molecule has 106 valence electrons. The second-order valence-electron chi connectivity index (χ2n) is 4.78. The van der Waals surface area contributed by atoms with Gasteiger partial charge in [-0.25, -0.2) is 0 Å². The molecule has 0 bridgehead atoms. The molecule has 21 heavy (non-hydrogen) atoms. The Kier molecular flexibility index (Phi) is 3.53. The molecular weight excluding hydrogens is 284 g/mol. The van der Waals surface area contributed by atoms with Gasteiger partial charge >= 0.3 is 0 Å². The van der Waals surface area contributed by atoms with E-state index >= 15 is 0 Å². The van der Waals surface area contributed by atoms with E-state index in [1.54, 1.807) is 27.5 Å². The van der Waals surface area contributed by atoms with Crippen LogP contribution in [0.1, 0.15) is 5.56 Å². The van der Waals surface area contributed by atoms with Crippen LogP contribution in [0.4, 0.5) is 0 Å². The molecule has 0 spiro atoms. The summed E-state index contributed by atoms with van der Waals surface area (Å²) in [5, 5.41) is 6.94. The molecule has 0 radical (unpaired) electrons. The third-order valence-electron chi connectivity index (χ3n) is 3.32. The maximum Gasteiger partial charge on any atom is 0.250 e. The Morgan fingerprint density at radius 2 is 1.95 bits per heavy atom. The lowest BCUT2D eigenvalue weighted by Crippen LogP contribution is -2.19. The first-order chi connectivity index (χ1) is 10.1. The molecule has 0 amide bonds. The van der Waals surface area contributed by atoms with Crippen molar-refractivity contribution in [2.45, 2.75) is 6.54 Å². The summed E-state index contributed by atoms with van der Waals surface area (Å²) >= 11 is 5.11. The lowest BCUT2D eigenvalue weighted by atomic mass is 10.2. The minimum absolute atomic E-state index is 0.0422. The predicted octanol–water partition coefficient (Wildman–Crippen LogP) is 2.35. The van der Waals surface area contributed by atoms with Crippen molar-refractivity contribution in [3.05, 3.63) is 69.3 Å². The third-order valence-corrected chi connectivity index (χ3v) is 3.68. The molecule has 3 rings (SSSR count). The number of aromatic nitrogens is 4. The lowest BCUT2D eigenvalue weighted by molar-refractivity contribution is 0.758. The van der Waals surface area contributed by atoms with Crippen molar-refractivity contribution in [1.29, 1.82) is 0 Å². The molecular formula is C15H14N4OS. The minimum Gasteiger partial charge on any atom is -0.310 e. The van der Waals surface area contributed by atoms with E-state index in [4.69, 9.17) is 12.2 Å². The number of hydrogen-bond acceptors (Lipinski definition) is 3. The quantitative estimate of drug-likeness (QED) is 0.755. The van der Waals surface area contributed by atoms with Gasteiger partial charge in [-0.1, -0.05) is 30.3 Å². The second-order valence-corrected chi connectivity index (χ2v) is 5.17. The van der Waals surface area contributed by atoms with Crippen LogP contribution in [0.5, 0.6) is 0 Å². The average Bonchev–Trinajstić information content (AvgIpc) is 2.83. The summed E-state index contributed by atoms with van der Waals surface area (Å²) < 4.78 is 4.00. The van der Waals surface area contributed by atoms with Gasteiger partial charge in [0.2, 0.25) is 0 Å². The van der Waals surface area contributed by atoms with E-state index in [0.29, 0.717) is 17.1 Å². The van der Waals surface area contributed by atoms with Crippen LogP contribution in [0.15, 0.2) is 53.5 Å². The van der Waals surface area contributed by atoms with Gasteiger partial charge in [-0.05, 0) is 23.8 Å². The molecule has 2 heterocycles. The van der Waals surface area contributed by atoms with Crippen molar-refractivity contribution in [1.82, 2.24) is 19.3 Å². The zero-order valence-electron chi connectivity index (χ0n) is 11.5. The molecule has 0 atom stereocenters. The minimum atomic E-state index is -0.0422. The SMILES string of the molecule is Cn1c(-c2ccc(=O)n(Cc3ccccc3)c2)n[nH]c1=S. The molecule has 2 aromatic heterocycles. The summed E-state index contributed by atoms with van der Waals surface area (Å²) in [5.74, 6) is 0.710. The van der Waals surface area contributed by atoms with Crippen LogP contribution in [0.2, 0.25) is 0 Å². The van der Waals surface area contributed by atoms with Crippen molar-refractivity contribution in [2.24, 2.45) is 7.05 Å². The van der Waals surface area contributed by atoms with Gasteiger partial charge < -0.3 is 9.13 Å². The van der Waals surface area contributed by atoms with Crippen molar-refractivity contribution in [3.63, 3.8) is 0 Å². The van der Waals surface area contributed by atoms with Gasteiger partial charge in [0.1, 0.15) is 0 Å². The fourth-order valence-corrected chi connectivity index (χ4v) is 2.30. The van der Waals surface area contributed by atoms with E-state index < -0.39 is 0 Å². The maximum atomic E-state index is 12.0. The van der Waals surface area contributed by atoms with Crippen molar-refractivity contribution in [3.8, 4) is 11.4 Å². The highest BCUT2D eigenvalue weighted by atomic mass is 32.1. The number of nitrogens with zero attached hydrogens (tertiary/aromatic N) is 3. The van der Waals surface area contributed by atoms with Crippen LogP contribution in [0, 0.1) is 4.77 Å². The van der Waals surface area contributed by atoms with E-state index in [1.807, 2.05) is 37.4 Å². The van der Waals surface area contributed by atoms with E-state index in [9.17, 15) is 4.79 Å². The smallest absolute Gasteiger partial charge is 0.250 e. The lowest BCUT2D eigenvalue weighted by Gasteiger charge is -2.08. The zero-order valence-corrected chi connectivity index (χ0v) is 12.3. The Morgan fingerprint density at radius 3 is 2.62 bits per heavy atom. The molecule has 1 N–H and O–H groups in total. The maximum absolute atomic E-state index is 12.0. The topological polar surface area (TPSA) is 55.6 Å². The first-order valence-electron chi connectivity index (χ1n) is 6.51. The molecule has 0 aliphatic rings. The highest BCUT2D eigenvalue weighted by Gasteiger charge is 2.07. The molecule has 0 aliphatic heterocycles. The molecule has 5 nitrogen and oxygen atoms in total. The average molecular weight is 298 g/mol. The molecule has 0 saturated heterocycles. The predicted molar refractivity (Wildman–Crippen MR) is 83.6 cm³/mol. The Balaban J connectivity index is 2.03. The van der Waals surface area contributed by atoms with Gasteiger partial charge in [0.25, 0.3) is 5.56 Å². The molecule has 0 aliphatic carbocycles. The molecule has 0 fully saturated rings. The van der Waals surface area contributed by atoms with Gasteiger partial charge in [0.05, 0.1) is 6.54 Å². The van der Waals surface area contributed by atoms with Crippen LogP contribution < -0.4 is 5.56 Å². The highest BCUT2D eigenvalue weighted by molar-refractivity contribution is 7.71. The first-order valence-corrected chi connectivity index (χ1v) is 6.92. The third kappa shape index (κ3) is 2.71. The Morgan fingerprint density at radius 1 is 1.19 bits per heavy atom. The second kappa shape index (κ2) is 5.49. The Labute approximate surface area is 126 Å². The van der Waals surface area contributed by atoms with Gasteiger partial charge in [0.15, 0.2) is 10.6 Å². The Hall–Kier alpha value is -2.47. The van der Waals surface area contributed by atoms with Crippen LogP contribution in [0.25, 0.3) is 11.4 Å². The van der Waals surface area contributed by atoms with Gasteiger partial charge in [-0.2, -0.15) is 5.10 Å². The van der Waals surface area contributed by atoms with Crippen molar-refractivity contribution in [2.75, 3.05) is 0 Å². The number of H-pyrrole nitrogens is 1. The van der Waals surface area contributed by atoms with Crippen molar-refractivity contribution < 1.29 is 0 Å². The zero-order chi connectivity index (χ0) is 14.8. The van der Waals surface area contributed by atoms with Gasteiger partial charge in [0, 0.05) is 24.9 Å². The summed E-state index contributed by atoms with van der Waals surface area (Å²) in [4.78, 5) is 12.0. The number of pyridine rings is 1. The van der Waals surface area contributed by atoms with Gasteiger partial charge in [-0.3, -0.25) is 9.89 Å². The van der Waals surface area contributed by atoms with E-state index in [2.05, 4.69) is 10.2 Å². The summed E-state index contributed by atoms with van der Waals surface area (Å²) in [6.07, 6.45) is 1.81. The Bertz CT molecular complexity index is 876. The number of hydrogen-bond donors (Lipinski definition) is 1.